The zero-order chi connectivity index (χ0) is 13.3. The third-order valence-electron chi connectivity index (χ3n) is 3.79. The highest BCUT2D eigenvalue weighted by Crippen LogP contribution is 2.36. The van der Waals surface area contributed by atoms with Gasteiger partial charge in [0.25, 0.3) is 0 Å². The summed E-state index contributed by atoms with van der Waals surface area (Å²) in [5, 5.41) is 9.28. The molecule has 98 valence electrons. The van der Waals surface area contributed by atoms with Crippen molar-refractivity contribution in [2.24, 2.45) is 0 Å². The Morgan fingerprint density at radius 1 is 1.50 bits per heavy atom. The molecule has 0 saturated carbocycles. The lowest BCUT2D eigenvalue weighted by molar-refractivity contribution is 0.0694. The largest absolute Gasteiger partial charge is 0.478 e. The van der Waals surface area contributed by atoms with Gasteiger partial charge in [0.05, 0.1) is 11.3 Å². The Bertz CT molecular complexity index is 478. The van der Waals surface area contributed by atoms with E-state index in [1.807, 2.05) is 6.07 Å². The Morgan fingerprint density at radius 2 is 2.22 bits per heavy atom. The Balaban J connectivity index is 2.57. The molecule has 2 rings (SSSR count). The minimum absolute atomic E-state index is 0.0765. The number of nitrogens with zero attached hydrogens (tertiary/aromatic N) is 1. The van der Waals surface area contributed by atoms with E-state index in [1.54, 1.807) is 0 Å². The van der Waals surface area contributed by atoms with Gasteiger partial charge in [-0.05, 0) is 37.3 Å². The van der Waals surface area contributed by atoms with Crippen molar-refractivity contribution in [1.29, 1.82) is 0 Å². The summed E-state index contributed by atoms with van der Waals surface area (Å²) in [5.74, 6) is -0.850. The molecular formula is C15H21NO2. The number of aromatic nitrogens is 1. The van der Waals surface area contributed by atoms with Gasteiger partial charge in [0.15, 0.2) is 0 Å². The summed E-state index contributed by atoms with van der Waals surface area (Å²) in [6.07, 6.45) is 4.87. The topological polar surface area (TPSA) is 50.2 Å². The SMILES string of the molecule is CCCc1nc2c(cc1C(=O)O)CCCC2(C)C. The molecular weight excluding hydrogens is 226 g/mol. The van der Waals surface area contributed by atoms with Gasteiger partial charge in [-0.1, -0.05) is 27.2 Å². The molecule has 1 heterocycles. The predicted molar refractivity (Wildman–Crippen MR) is 71.2 cm³/mol. The average molecular weight is 247 g/mol. The Hall–Kier alpha value is -1.38. The predicted octanol–water partition coefficient (Wildman–Crippen LogP) is 3.35. The smallest absolute Gasteiger partial charge is 0.337 e. The standard InChI is InChI=1S/C15H21NO2/c1-4-6-12-11(14(17)18)9-10-7-5-8-15(2,3)13(10)16-12/h9H,4-8H2,1-3H3,(H,17,18). The van der Waals surface area contributed by atoms with Crippen LogP contribution in [0.1, 0.15) is 67.3 Å². The third kappa shape index (κ3) is 2.26. The van der Waals surface area contributed by atoms with E-state index in [0.717, 1.165) is 49.1 Å². The van der Waals surface area contributed by atoms with Gasteiger partial charge >= 0.3 is 5.97 Å². The van der Waals surface area contributed by atoms with Crippen molar-refractivity contribution in [3.05, 3.63) is 28.6 Å². The summed E-state index contributed by atoms with van der Waals surface area (Å²) in [5.41, 5.74) is 3.46. The number of pyridine rings is 1. The van der Waals surface area contributed by atoms with Crippen LogP contribution in [-0.2, 0) is 18.3 Å². The molecule has 3 heteroatoms. The lowest BCUT2D eigenvalue weighted by atomic mass is 9.75. The first-order valence-electron chi connectivity index (χ1n) is 6.72. The van der Waals surface area contributed by atoms with Crippen LogP contribution in [0.3, 0.4) is 0 Å². The fraction of sp³-hybridized carbons (Fsp3) is 0.600. The van der Waals surface area contributed by atoms with Crippen molar-refractivity contribution in [1.82, 2.24) is 4.98 Å². The molecule has 1 aliphatic carbocycles. The maximum absolute atomic E-state index is 11.3. The monoisotopic (exact) mass is 247 g/mol. The number of hydrogen-bond acceptors (Lipinski definition) is 2. The quantitative estimate of drug-likeness (QED) is 0.891. The normalized spacial score (nSPS) is 17.3. The second-order valence-electron chi connectivity index (χ2n) is 5.78. The van der Waals surface area contributed by atoms with Gasteiger partial charge in [-0.2, -0.15) is 0 Å². The van der Waals surface area contributed by atoms with Gasteiger partial charge in [0.1, 0.15) is 0 Å². The molecule has 0 amide bonds. The molecule has 0 atom stereocenters. The Morgan fingerprint density at radius 3 is 2.83 bits per heavy atom. The molecule has 1 aromatic heterocycles. The van der Waals surface area contributed by atoms with E-state index in [4.69, 9.17) is 4.98 Å². The summed E-state index contributed by atoms with van der Waals surface area (Å²) in [4.78, 5) is 16.0. The minimum Gasteiger partial charge on any atom is -0.478 e. The van der Waals surface area contributed by atoms with Crippen LogP contribution < -0.4 is 0 Å². The molecule has 1 N–H and O–H groups in total. The summed E-state index contributed by atoms with van der Waals surface area (Å²) in [6.45, 7) is 6.46. The van der Waals surface area contributed by atoms with Gasteiger partial charge in [-0.25, -0.2) is 4.79 Å². The van der Waals surface area contributed by atoms with Crippen LogP contribution in [0, 0.1) is 0 Å². The fourth-order valence-corrected chi connectivity index (χ4v) is 2.82. The number of hydrogen-bond donors (Lipinski definition) is 1. The number of aromatic carboxylic acids is 1. The van der Waals surface area contributed by atoms with E-state index < -0.39 is 5.97 Å². The molecule has 0 fully saturated rings. The van der Waals surface area contributed by atoms with Crippen LogP contribution >= 0.6 is 0 Å². The maximum atomic E-state index is 11.3. The highest BCUT2D eigenvalue weighted by atomic mass is 16.4. The number of carbonyl (C=O) groups is 1. The van der Waals surface area contributed by atoms with Crippen LogP contribution in [0.4, 0.5) is 0 Å². The van der Waals surface area contributed by atoms with E-state index >= 15 is 0 Å². The number of rotatable bonds is 3. The van der Waals surface area contributed by atoms with Gasteiger partial charge < -0.3 is 5.11 Å². The van der Waals surface area contributed by atoms with Crippen molar-refractivity contribution >= 4 is 5.97 Å². The first-order valence-corrected chi connectivity index (χ1v) is 6.72. The van der Waals surface area contributed by atoms with Crippen molar-refractivity contribution in [3.63, 3.8) is 0 Å². The molecule has 1 aliphatic rings. The molecule has 0 aromatic carbocycles. The van der Waals surface area contributed by atoms with Crippen molar-refractivity contribution in [2.45, 2.75) is 58.3 Å². The summed E-state index contributed by atoms with van der Waals surface area (Å²) >= 11 is 0. The highest BCUT2D eigenvalue weighted by Gasteiger charge is 2.30. The molecule has 3 nitrogen and oxygen atoms in total. The zero-order valence-corrected chi connectivity index (χ0v) is 11.4. The number of fused-ring (bicyclic) bond motifs is 1. The zero-order valence-electron chi connectivity index (χ0n) is 11.4. The lowest BCUT2D eigenvalue weighted by Gasteiger charge is -2.32. The number of carboxylic acid groups (broad SMARTS) is 1. The van der Waals surface area contributed by atoms with Gasteiger partial charge in [0, 0.05) is 11.1 Å². The van der Waals surface area contributed by atoms with Crippen molar-refractivity contribution in [2.75, 3.05) is 0 Å². The Labute approximate surface area is 108 Å². The lowest BCUT2D eigenvalue weighted by Crippen LogP contribution is -2.27. The van der Waals surface area contributed by atoms with Gasteiger partial charge in [-0.15, -0.1) is 0 Å². The Kier molecular flexibility index (Phi) is 3.42. The summed E-state index contributed by atoms with van der Waals surface area (Å²) in [6, 6.07) is 1.86. The van der Waals surface area contributed by atoms with Crippen molar-refractivity contribution < 1.29 is 9.90 Å². The van der Waals surface area contributed by atoms with Gasteiger partial charge in [-0.3, -0.25) is 4.98 Å². The van der Waals surface area contributed by atoms with Crippen LogP contribution in [-0.4, -0.2) is 16.1 Å². The summed E-state index contributed by atoms with van der Waals surface area (Å²) in [7, 11) is 0. The van der Waals surface area contributed by atoms with Crippen LogP contribution in [0.15, 0.2) is 6.07 Å². The molecule has 0 spiro atoms. The van der Waals surface area contributed by atoms with Crippen LogP contribution in [0.25, 0.3) is 0 Å². The highest BCUT2D eigenvalue weighted by molar-refractivity contribution is 5.89. The van der Waals surface area contributed by atoms with E-state index in [-0.39, 0.29) is 5.41 Å². The fourth-order valence-electron chi connectivity index (χ4n) is 2.82. The van der Waals surface area contributed by atoms with E-state index in [9.17, 15) is 9.90 Å². The second-order valence-corrected chi connectivity index (χ2v) is 5.78. The molecule has 0 radical (unpaired) electrons. The third-order valence-corrected chi connectivity index (χ3v) is 3.79. The van der Waals surface area contributed by atoms with Crippen LogP contribution in [0.5, 0.6) is 0 Å². The minimum atomic E-state index is -0.850. The molecule has 0 saturated heterocycles. The first-order chi connectivity index (χ1) is 8.45. The molecule has 18 heavy (non-hydrogen) atoms. The second kappa shape index (κ2) is 4.71. The van der Waals surface area contributed by atoms with E-state index in [2.05, 4.69) is 20.8 Å². The van der Waals surface area contributed by atoms with E-state index in [1.165, 1.54) is 0 Å². The van der Waals surface area contributed by atoms with Crippen molar-refractivity contribution in [3.8, 4) is 0 Å². The van der Waals surface area contributed by atoms with Crippen LogP contribution in [0.2, 0.25) is 0 Å². The number of carboxylic acids is 1. The molecule has 1 aromatic rings. The summed E-state index contributed by atoms with van der Waals surface area (Å²) < 4.78 is 0. The average Bonchev–Trinajstić information content (AvgIpc) is 2.29. The first kappa shape index (κ1) is 13.1. The van der Waals surface area contributed by atoms with E-state index in [0.29, 0.717) is 5.56 Å². The molecule has 0 unspecified atom stereocenters. The molecule has 0 aliphatic heterocycles. The van der Waals surface area contributed by atoms with Gasteiger partial charge in [0.2, 0.25) is 0 Å². The number of aryl methyl sites for hydroxylation is 2. The maximum Gasteiger partial charge on any atom is 0.337 e. The molecule has 0 bridgehead atoms.